The number of rotatable bonds is 5. The van der Waals surface area contributed by atoms with Crippen LogP contribution in [-0.4, -0.2) is 32.8 Å². The van der Waals surface area contributed by atoms with Gasteiger partial charge in [0.15, 0.2) is 0 Å². The number of hydrogen-bond acceptors (Lipinski definition) is 6. The van der Waals surface area contributed by atoms with Crippen LogP contribution in [0.3, 0.4) is 0 Å². The minimum Gasteiger partial charge on any atom is -0.406 e. The van der Waals surface area contributed by atoms with E-state index in [0.717, 1.165) is 4.90 Å². The summed E-state index contributed by atoms with van der Waals surface area (Å²) in [6.07, 6.45) is 3.20. The lowest BCUT2D eigenvalue weighted by molar-refractivity contribution is -0.139. The summed E-state index contributed by atoms with van der Waals surface area (Å²) >= 11 is 5.99. The monoisotopic (exact) mass is 360 g/mol. The van der Waals surface area contributed by atoms with E-state index in [4.69, 9.17) is 16.0 Å². The number of nitrogens with zero attached hydrogens (tertiary/aromatic N) is 3. The molecular formula is C16H13ClN4O4. The number of imide groups is 1. The van der Waals surface area contributed by atoms with E-state index < -0.39 is 5.91 Å². The van der Waals surface area contributed by atoms with Crippen LogP contribution in [0.4, 0.5) is 6.01 Å². The van der Waals surface area contributed by atoms with E-state index in [1.54, 1.807) is 30.3 Å². The first-order valence-corrected chi connectivity index (χ1v) is 7.80. The van der Waals surface area contributed by atoms with Crippen LogP contribution < -0.4 is 5.32 Å². The lowest BCUT2D eigenvalue weighted by Gasteiger charge is -2.09. The highest BCUT2D eigenvalue weighted by molar-refractivity contribution is 6.32. The van der Waals surface area contributed by atoms with E-state index in [2.05, 4.69) is 15.5 Å². The molecular weight excluding hydrogens is 348 g/mol. The highest BCUT2D eigenvalue weighted by Crippen LogP contribution is 2.17. The molecule has 1 aliphatic rings. The number of anilines is 1. The van der Waals surface area contributed by atoms with Gasteiger partial charge in [0.2, 0.25) is 17.7 Å². The lowest BCUT2D eigenvalue weighted by atomic mass is 10.2. The molecule has 2 aromatic rings. The Morgan fingerprint density at radius 2 is 1.96 bits per heavy atom. The van der Waals surface area contributed by atoms with Crippen molar-refractivity contribution in [3.05, 3.63) is 46.8 Å². The van der Waals surface area contributed by atoms with Gasteiger partial charge >= 0.3 is 6.01 Å². The third-order valence-corrected chi connectivity index (χ3v) is 3.81. The van der Waals surface area contributed by atoms with Crippen molar-refractivity contribution in [1.29, 1.82) is 0 Å². The zero-order valence-electron chi connectivity index (χ0n) is 12.9. The maximum absolute atomic E-state index is 11.9. The van der Waals surface area contributed by atoms with Crippen molar-refractivity contribution in [1.82, 2.24) is 15.1 Å². The van der Waals surface area contributed by atoms with Gasteiger partial charge in [0.05, 0.1) is 0 Å². The normalized spacial score (nSPS) is 14.5. The number of likely N-dealkylation sites (tertiary alicyclic amines) is 1. The number of nitrogens with one attached hydrogen (secondary N) is 1. The fourth-order valence-corrected chi connectivity index (χ4v) is 2.42. The molecule has 0 bridgehead atoms. The Balaban J connectivity index is 1.59. The number of amides is 3. The number of halogens is 1. The average molecular weight is 361 g/mol. The SMILES string of the molecule is O=C(C=Cc1ccccc1Cl)Nc1nnc(CN2C(=O)CCC2=O)o1. The highest BCUT2D eigenvalue weighted by Gasteiger charge is 2.30. The molecule has 0 atom stereocenters. The van der Waals surface area contributed by atoms with Crippen molar-refractivity contribution in [2.45, 2.75) is 19.4 Å². The summed E-state index contributed by atoms with van der Waals surface area (Å²) in [6.45, 7) is -0.101. The average Bonchev–Trinajstić information content (AvgIpc) is 3.15. The van der Waals surface area contributed by atoms with Gasteiger partial charge in [0.25, 0.3) is 5.91 Å². The molecule has 25 heavy (non-hydrogen) atoms. The Labute approximate surface area is 147 Å². The molecule has 0 unspecified atom stereocenters. The van der Waals surface area contributed by atoms with Crippen LogP contribution in [0.1, 0.15) is 24.3 Å². The second-order valence-electron chi connectivity index (χ2n) is 5.22. The summed E-state index contributed by atoms with van der Waals surface area (Å²) in [5.41, 5.74) is 0.691. The van der Waals surface area contributed by atoms with Gasteiger partial charge in [-0.1, -0.05) is 34.9 Å². The first-order valence-electron chi connectivity index (χ1n) is 7.42. The number of carbonyl (C=O) groups excluding carboxylic acids is 3. The van der Waals surface area contributed by atoms with Crippen molar-refractivity contribution < 1.29 is 18.8 Å². The van der Waals surface area contributed by atoms with Gasteiger partial charge in [-0.3, -0.25) is 24.6 Å². The molecule has 0 aliphatic carbocycles. The van der Waals surface area contributed by atoms with Crippen LogP contribution in [0.5, 0.6) is 0 Å². The lowest BCUT2D eigenvalue weighted by Crippen LogP contribution is -2.28. The molecule has 0 spiro atoms. The Hall–Kier alpha value is -3.00. The van der Waals surface area contributed by atoms with Crippen LogP contribution >= 0.6 is 11.6 Å². The van der Waals surface area contributed by atoms with E-state index in [-0.39, 0.29) is 43.1 Å². The maximum Gasteiger partial charge on any atom is 0.322 e. The van der Waals surface area contributed by atoms with Crippen LogP contribution in [-0.2, 0) is 20.9 Å². The summed E-state index contributed by atoms with van der Waals surface area (Å²) in [5, 5.41) is 10.3. The summed E-state index contributed by atoms with van der Waals surface area (Å²) in [7, 11) is 0. The smallest absolute Gasteiger partial charge is 0.322 e. The second kappa shape index (κ2) is 7.27. The number of aromatic nitrogens is 2. The molecule has 0 saturated carbocycles. The molecule has 1 aromatic carbocycles. The van der Waals surface area contributed by atoms with Crippen molar-refractivity contribution in [3.63, 3.8) is 0 Å². The molecule has 1 aromatic heterocycles. The molecule has 3 amide bonds. The standard InChI is InChI=1S/C16H13ClN4O4/c17-11-4-2-1-3-10(11)5-6-12(22)18-16-20-19-13(25-16)9-21-14(23)7-8-15(21)24/h1-6H,7-9H2,(H,18,20,22). The van der Waals surface area contributed by atoms with Gasteiger partial charge in [-0.25, -0.2) is 0 Å². The molecule has 3 rings (SSSR count). The van der Waals surface area contributed by atoms with Crippen LogP contribution in [0.15, 0.2) is 34.8 Å². The highest BCUT2D eigenvalue weighted by atomic mass is 35.5. The number of hydrogen-bond donors (Lipinski definition) is 1. The summed E-state index contributed by atoms with van der Waals surface area (Å²) < 4.78 is 5.23. The van der Waals surface area contributed by atoms with Crippen LogP contribution in [0.25, 0.3) is 6.08 Å². The topological polar surface area (TPSA) is 105 Å². The Kier molecular flexibility index (Phi) is 4.90. The molecule has 128 valence electrons. The first-order chi connectivity index (χ1) is 12.0. The fourth-order valence-electron chi connectivity index (χ4n) is 2.23. The van der Waals surface area contributed by atoms with Gasteiger partial charge in [-0.15, -0.1) is 5.10 Å². The molecule has 1 saturated heterocycles. The van der Waals surface area contributed by atoms with Gasteiger partial charge in [0, 0.05) is 23.9 Å². The summed E-state index contributed by atoms with van der Waals surface area (Å²) in [4.78, 5) is 36.0. The number of benzene rings is 1. The number of carbonyl (C=O) groups is 3. The van der Waals surface area contributed by atoms with E-state index in [1.807, 2.05) is 0 Å². The summed E-state index contributed by atoms with van der Waals surface area (Å²) in [5.74, 6) is -0.981. The molecule has 8 nitrogen and oxygen atoms in total. The summed E-state index contributed by atoms with van der Waals surface area (Å²) in [6, 6.07) is 6.94. The van der Waals surface area contributed by atoms with Crippen molar-refractivity contribution >= 4 is 41.4 Å². The van der Waals surface area contributed by atoms with Crippen LogP contribution in [0.2, 0.25) is 5.02 Å². The molecule has 1 N–H and O–H groups in total. The predicted molar refractivity (Wildman–Crippen MR) is 88.2 cm³/mol. The Morgan fingerprint density at radius 1 is 1.24 bits per heavy atom. The molecule has 1 aliphatic heterocycles. The third kappa shape index (κ3) is 4.10. The van der Waals surface area contributed by atoms with Gasteiger partial charge < -0.3 is 4.42 Å². The third-order valence-electron chi connectivity index (χ3n) is 3.46. The van der Waals surface area contributed by atoms with E-state index >= 15 is 0 Å². The Morgan fingerprint density at radius 3 is 2.68 bits per heavy atom. The minimum atomic E-state index is -0.483. The van der Waals surface area contributed by atoms with Crippen LogP contribution in [0, 0.1) is 0 Å². The first kappa shape index (κ1) is 16.8. The van der Waals surface area contributed by atoms with Crippen molar-refractivity contribution in [2.75, 3.05) is 5.32 Å². The van der Waals surface area contributed by atoms with E-state index in [1.165, 1.54) is 6.08 Å². The Bertz CT molecular complexity index is 845. The minimum absolute atomic E-state index is 0.0639. The quantitative estimate of drug-likeness (QED) is 0.646. The molecule has 0 radical (unpaired) electrons. The molecule has 9 heteroatoms. The predicted octanol–water partition coefficient (Wildman–Crippen LogP) is 2.02. The van der Waals surface area contributed by atoms with E-state index in [9.17, 15) is 14.4 Å². The second-order valence-corrected chi connectivity index (χ2v) is 5.63. The maximum atomic E-state index is 11.9. The zero-order valence-corrected chi connectivity index (χ0v) is 13.7. The zero-order chi connectivity index (χ0) is 17.8. The van der Waals surface area contributed by atoms with Gasteiger partial charge in [0.1, 0.15) is 6.54 Å². The van der Waals surface area contributed by atoms with Crippen molar-refractivity contribution in [3.8, 4) is 0 Å². The molecule has 1 fully saturated rings. The van der Waals surface area contributed by atoms with E-state index in [0.29, 0.717) is 10.6 Å². The molecule has 2 heterocycles. The van der Waals surface area contributed by atoms with Gasteiger partial charge in [-0.2, -0.15) is 0 Å². The fraction of sp³-hybridized carbons (Fsp3) is 0.188. The van der Waals surface area contributed by atoms with Gasteiger partial charge in [-0.05, 0) is 17.7 Å². The largest absolute Gasteiger partial charge is 0.406 e. The van der Waals surface area contributed by atoms with Crippen molar-refractivity contribution in [2.24, 2.45) is 0 Å².